The van der Waals surface area contributed by atoms with Crippen LogP contribution in [0.3, 0.4) is 0 Å². The van der Waals surface area contributed by atoms with Gasteiger partial charge in [0.1, 0.15) is 17.2 Å². The lowest BCUT2D eigenvalue weighted by Gasteiger charge is -2.15. The van der Waals surface area contributed by atoms with E-state index >= 15 is 0 Å². The van der Waals surface area contributed by atoms with Crippen LogP contribution in [0.15, 0.2) is 126 Å². The summed E-state index contributed by atoms with van der Waals surface area (Å²) in [5.41, 5.74) is 8.43. The summed E-state index contributed by atoms with van der Waals surface area (Å²) in [6.07, 6.45) is 0. The lowest BCUT2D eigenvalue weighted by molar-refractivity contribution is 0.669. The lowest BCUT2D eigenvalue weighted by Crippen LogP contribution is -1.93. The van der Waals surface area contributed by atoms with Crippen molar-refractivity contribution in [2.24, 2.45) is 0 Å². The summed E-state index contributed by atoms with van der Waals surface area (Å²) in [4.78, 5) is 0. The number of hydrogen-bond donors (Lipinski definition) is 0. The molecule has 0 spiro atoms. The Morgan fingerprint density at radius 2 is 1.26 bits per heavy atom. The quantitative estimate of drug-likeness (QED) is 0.219. The fourth-order valence-electron chi connectivity index (χ4n) is 5.99. The molecule has 0 saturated heterocycles. The molecule has 0 bridgehead atoms. The van der Waals surface area contributed by atoms with Crippen LogP contribution in [0.5, 0.6) is 0 Å². The standard InChI is InChI=1S/C38H20N2OS/c39-21-23-7-5-8-24(17-23)26-19-31(25-15-16-36-33(18-25)27-9-1-3-13-35(27)41-36)34(22-40)32(20-26)30-12-6-11-29-28-10-2-4-14-37(28)42-38(29)30/h1-20H. The fraction of sp³-hybridized carbons (Fsp3) is 0. The zero-order chi connectivity index (χ0) is 28.2. The summed E-state index contributed by atoms with van der Waals surface area (Å²) in [5.74, 6) is 0. The van der Waals surface area contributed by atoms with E-state index in [-0.39, 0.29) is 0 Å². The molecule has 42 heavy (non-hydrogen) atoms. The van der Waals surface area contributed by atoms with Crippen molar-refractivity contribution in [3.63, 3.8) is 0 Å². The number of benzene rings is 6. The Labute approximate surface area is 245 Å². The van der Waals surface area contributed by atoms with Crippen molar-refractivity contribution in [1.82, 2.24) is 0 Å². The highest BCUT2D eigenvalue weighted by molar-refractivity contribution is 7.26. The number of rotatable bonds is 3. The Bertz CT molecular complexity index is 2450. The van der Waals surface area contributed by atoms with Gasteiger partial charge in [-0.25, -0.2) is 0 Å². The van der Waals surface area contributed by atoms with E-state index in [1.54, 1.807) is 11.3 Å². The van der Waals surface area contributed by atoms with E-state index in [1.165, 1.54) is 15.5 Å². The normalized spacial score (nSPS) is 11.3. The molecule has 0 radical (unpaired) electrons. The van der Waals surface area contributed by atoms with Gasteiger partial charge >= 0.3 is 0 Å². The molecule has 0 aliphatic heterocycles. The van der Waals surface area contributed by atoms with Crippen LogP contribution in [-0.2, 0) is 0 Å². The predicted molar refractivity (Wildman–Crippen MR) is 172 cm³/mol. The van der Waals surface area contributed by atoms with Crippen LogP contribution in [0.1, 0.15) is 11.1 Å². The van der Waals surface area contributed by atoms with Crippen molar-refractivity contribution in [2.45, 2.75) is 0 Å². The Balaban J connectivity index is 1.45. The van der Waals surface area contributed by atoms with Crippen LogP contribution in [0.2, 0.25) is 0 Å². The molecule has 0 aliphatic carbocycles. The van der Waals surface area contributed by atoms with Gasteiger partial charge in [0.2, 0.25) is 0 Å². The van der Waals surface area contributed by atoms with Crippen LogP contribution >= 0.6 is 11.3 Å². The Kier molecular flexibility index (Phi) is 5.44. The van der Waals surface area contributed by atoms with Gasteiger partial charge in [-0.2, -0.15) is 10.5 Å². The molecule has 6 aromatic carbocycles. The summed E-state index contributed by atoms with van der Waals surface area (Å²) >= 11 is 1.75. The molecule has 3 nitrogen and oxygen atoms in total. The van der Waals surface area contributed by atoms with Gasteiger partial charge in [0.15, 0.2) is 0 Å². The number of para-hydroxylation sites is 1. The van der Waals surface area contributed by atoms with Crippen LogP contribution in [0.4, 0.5) is 0 Å². The smallest absolute Gasteiger partial charge is 0.135 e. The first-order chi connectivity index (χ1) is 20.7. The zero-order valence-corrected chi connectivity index (χ0v) is 23.1. The van der Waals surface area contributed by atoms with Crippen molar-refractivity contribution in [3.05, 3.63) is 132 Å². The number of thiophene rings is 1. The molecule has 8 aromatic rings. The minimum Gasteiger partial charge on any atom is -0.456 e. The van der Waals surface area contributed by atoms with Gasteiger partial charge in [0.25, 0.3) is 0 Å². The molecule has 0 unspecified atom stereocenters. The molecule has 8 rings (SSSR count). The highest BCUT2D eigenvalue weighted by atomic mass is 32.1. The van der Waals surface area contributed by atoms with E-state index in [4.69, 9.17) is 4.42 Å². The SMILES string of the molecule is N#Cc1cccc(-c2cc(-c3ccc4oc5ccccc5c4c3)c(C#N)c(-c3cccc4c3sc3ccccc34)c2)c1. The molecule has 0 aliphatic rings. The van der Waals surface area contributed by atoms with E-state index in [2.05, 4.69) is 78.9 Å². The van der Waals surface area contributed by atoms with Gasteiger partial charge < -0.3 is 4.42 Å². The first-order valence-electron chi connectivity index (χ1n) is 13.6. The van der Waals surface area contributed by atoms with E-state index in [1.807, 2.05) is 54.6 Å². The third-order valence-corrected chi connectivity index (χ3v) is 9.18. The second kappa shape index (κ2) is 9.46. The predicted octanol–water partition coefficient (Wildman–Crippen LogP) is 10.7. The van der Waals surface area contributed by atoms with Crippen LogP contribution < -0.4 is 0 Å². The Hall–Kier alpha value is -5.68. The molecule has 2 heterocycles. The molecule has 0 fully saturated rings. The first-order valence-corrected chi connectivity index (χ1v) is 14.4. The lowest BCUT2D eigenvalue weighted by atomic mass is 9.87. The molecule has 2 aromatic heterocycles. The van der Waals surface area contributed by atoms with Crippen LogP contribution in [-0.4, -0.2) is 0 Å². The zero-order valence-electron chi connectivity index (χ0n) is 22.3. The summed E-state index contributed by atoms with van der Waals surface area (Å²) in [7, 11) is 0. The largest absolute Gasteiger partial charge is 0.456 e. The minimum atomic E-state index is 0.595. The van der Waals surface area contributed by atoms with E-state index in [0.717, 1.165) is 60.0 Å². The maximum atomic E-state index is 10.7. The first kappa shape index (κ1) is 24.1. The van der Waals surface area contributed by atoms with Crippen molar-refractivity contribution in [2.75, 3.05) is 0 Å². The number of nitriles is 2. The Morgan fingerprint density at radius 3 is 2.14 bits per heavy atom. The monoisotopic (exact) mass is 552 g/mol. The van der Waals surface area contributed by atoms with Crippen molar-refractivity contribution < 1.29 is 4.42 Å². The highest BCUT2D eigenvalue weighted by Crippen LogP contribution is 2.44. The second-order valence-electron chi connectivity index (χ2n) is 10.3. The third-order valence-electron chi connectivity index (χ3n) is 7.96. The topological polar surface area (TPSA) is 60.7 Å². The molecule has 0 amide bonds. The Morgan fingerprint density at radius 1 is 0.500 bits per heavy atom. The third kappa shape index (κ3) is 3.71. The molecule has 4 heteroatoms. The van der Waals surface area contributed by atoms with Gasteiger partial charge in [0, 0.05) is 47.6 Å². The van der Waals surface area contributed by atoms with Crippen LogP contribution in [0, 0.1) is 22.7 Å². The molecule has 0 atom stereocenters. The van der Waals surface area contributed by atoms with Gasteiger partial charge in [0.05, 0.1) is 17.2 Å². The van der Waals surface area contributed by atoms with Crippen LogP contribution in [0.25, 0.3) is 75.5 Å². The van der Waals surface area contributed by atoms with E-state index in [9.17, 15) is 10.5 Å². The van der Waals surface area contributed by atoms with Gasteiger partial charge in [-0.1, -0.05) is 72.8 Å². The molecule has 0 saturated carbocycles. The second-order valence-corrected chi connectivity index (χ2v) is 11.4. The highest BCUT2D eigenvalue weighted by Gasteiger charge is 2.19. The maximum absolute atomic E-state index is 10.7. The van der Waals surface area contributed by atoms with Gasteiger partial charge in [-0.05, 0) is 65.2 Å². The number of fused-ring (bicyclic) bond motifs is 6. The van der Waals surface area contributed by atoms with Gasteiger partial charge in [-0.15, -0.1) is 11.3 Å². The molecular weight excluding hydrogens is 532 g/mol. The average Bonchev–Trinajstić information content (AvgIpc) is 3.62. The molecular formula is C38H20N2OS. The average molecular weight is 553 g/mol. The van der Waals surface area contributed by atoms with Crippen molar-refractivity contribution >= 4 is 53.4 Å². The summed E-state index contributed by atoms with van der Waals surface area (Å²) in [6.45, 7) is 0. The van der Waals surface area contributed by atoms with Crippen molar-refractivity contribution in [1.29, 1.82) is 10.5 Å². The molecule has 0 N–H and O–H groups in total. The van der Waals surface area contributed by atoms with Crippen molar-refractivity contribution in [3.8, 4) is 45.5 Å². The minimum absolute atomic E-state index is 0.595. The van der Waals surface area contributed by atoms with E-state index in [0.29, 0.717) is 11.1 Å². The summed E-state index contributed by atoms with van der Waals surface area (Å²) in [5, 5.41) is 24.8. The van der Waals surface area contributed by atoms with E-state index < -0.39 is 0 Å². The number of furan rings is 1. The number of nitrogens with zero attached hydrogens (tertiary/aromatic N) is 2. The molecule has 194 valence electrons. The number of hydrogen-bond acceptors (Lipinski definition) is 4. The maximum Gasteiger partial charge on any atom is 0.135 e. The fourth-order valence-corrected chi connectivity index (χ4v) is 7.22. The van der Waals surface area contributed by atoms with Gasteiger partial charge in [-0.3, -0.25) is 0 Å². The summed E-state index contributed by atoms with van der Waals surface area (Å²) < 4.78 is 8.46. The summed E-state index contributed by atoms with van der Waals surface area (Å²) in [6, 6.07) is 45.6.